The van der Waals surface area contributed by atoms with E-state index in [1.165, 1.54) is 0 Å². The molecule has 3 rings (SSSR count). The fraction of sp³-hybridized carbons (Fsp3) is 0.476. The molecule has 0 aliphatic carbocycles. The summed E-state index contributed by atoms with van der Waals surface area (Å²) in [6.07, 6.45) is 4.03. The third-order valence-corrected chi connectivity index (χ3v) is 5.84. The van der Waals surface area contributed by atoms with Crippen molar-refractivity contribution in [3.8, 4) is 0 Å². The minimum absolute atomic E-state index is 0.338. The molecule has 2 heterocycles. The van der Waals surface area contributed by atoms with E-state index in [-0.39, 0.29) is 5.97 Å². The Hall–Kier alpha value is -1.99. The topological polar surface area (TPSA) is 69.0 Å². The molecule has 1 unspecified atom stereocenters. The van der Waals surface area contributed by atoms with E-state index in [2.05, 4.69) is 24.1 Å². The molecule has 0 saturated heterocycles. The summed E-state index contributed by atoms with van der Waals surface area (Å²) in [5.41, 5.74) is 2.13. The van der Waals surface area contributed by atoms with Crippen molar-refractivity contribution < 1.29 is 9.53 Å². The van der Waals surface area contributed by atoms with Crippen molar-refractivity contribution in [1.82, 2.24) is 14.8 Å². The van der Waals surface area contributed by atoms with E-state index in [0.717, 1.165) is 42.7 Å². The zero-order chi connectivity index (χ0) is 20.8. The SMILES string of the molecule is CCCCOC(=O)C1=C(C)Nc2nc(SCCCC)nn2C1c1cccc(Cl)c1. The van der Waals surface area contributed by atoms with Crippen molar-refractivity contribution in [2.75, 3.05) is 17.7 Å². The van der Waals surface area contributed by atoms with Crippen LogP contribution in [0.25, 0.3) is 0 Å². The van der Waals surface area contributed by atoms with Gasteiger partial charge in [0.2, 0.25) is 11.1 Å². The number of anilines is 1. The molecule has 2 aromatic rings. The summed E-state index contributed by atoms with van der Waals surface area (Å²) >= 11 is 7.87. The lowest BCUT2D eigenvalue weighted by Crippen LogP contribution is -2.29. The number of hydrogen-bond acceptors (Lipinski definition) is 6. The molecule has 0 fully saturated rings. The van der Waals surface area contributed by atoms with Crippen molar-refractivity contribution in [1.29, 1.82) is 0 Å². The molecule has 29 heavy (non-hydrogen) atoms. The molecule has 0 spiro atoms. The number of rotatable bonds is 9. The highest BCUT2D eigenvalue weighted by molar-refractivity contribution is 7.99. The Kier molecular flexibility index (Phi) is 7.61. The van der Waals surface area contributed by atoms with E-state index in [0.29, 0.717) is 28.3 Å². The first-order valence-corrected chi connectivity index (χ1v) is 11.4. The lowest BCUT2D eigenvalue weighted by Gasteiger charge is -2.28. The Morgan fingerprint density at radius 3 is 2.83 bits per heavy atom. The Morgan fingerprint density at radius 1 is 1.31 bits per heavy atom. The normalized spacial score (nSPS) is 15.8. The van der Waals surface area contributed by atoms with Crippen LogP contribution in [0, 0.1) is 0 Å². The molecule has 156 valence electrons. The fourth-order valence-corrected chi connectivity index (χ4v) is 4.25. The molecule has 8 heteroatoms. The molecule has 1 N–H and O–H groups in total. The maximum Gasteiger partial charge on any atom is 0.338 e. The number of halogens is 1. The Bertz CT molecular complexity index is 897. The van der Waals surface area contributed by atoms with Gasteiger partial charge in [-0.3, -0.25) is 0 Å². The third kappa shape index (κ3) is 5.14. The quantitative estimate of drug-likeness (QED) is 0.321. The number of carbonyl (C=O) groups excluding carboxylic acids is 1. The smallest absolute Gasteiger partial charge is 0.338 e. The first kappa shape index (κ1) is 21.7. The van der Waals surface area contributed by atoms with Gasteiger partial charge in [0, 0.05) is 16.5 Å². The Labute approximate surface area is 181 Å². The molecule has 1 aliphatic rings. The lowest BCUT2D eigenvalue weighted by molar-refractivity contribution is -0.139. The van der Waals surface area contributed by atoms with Crippen molar-refractivity contribution >= 4 is 35.3 Å². The maximum atomic E-state index is 13.0. The molecule has 0 bridgehead atoms. The van der Waals surface area contributed by atoms with E-state index >= 15 is 0 Å². The summed E-state index contributed by atoms with van der Waals surface area (Å²) in [7, 11) is 0. The first-order chi connectivity index (χ1) is 14.0. The average molecular weight is 435 g/mol. The molecular weight excluding hydrogens is 408 g/mol. The van der Waals surface area contributed by atoms with Crippen LogP contribution < -0.4 is 5.32 Å². The summed E-state index contributed by atoms with van der Waals surface area (Å²) in [6, 6.07) is 7.06. The number of aromatic nitrogens is 3. The number of nitrogens with zero attached hydrogens (tertiary/aromatic N) is 3. The van der Waals surface area contributed by atoms with Crippen LogP contribution in [0.15, 0.2) is 40.7 Å². The van der Waals surface area contributed by atoms with E-state index in [9.17, 15) is 4.79 Å². The molecular formula is C21H27ClN4O2S. The monoisotopic (exact) mass is 434 g/mol. The summed E-state index contributed by atoms with van der Waals surface area (Å²) in [5.74, 6) is 1.24. The second kappa shape index (κ2) is 10.2. The van der Waals surface area contributed by atoms with Gasteiger partial charge in [0.15, 0.2) is 0 Å². The van der Waals surface area contributed by atoms with Crippen molar-refractivity contribution in [2.24, 2.45) is 0 Å². The van der Waals surface area contributed by atoms with Gasteiger partial charge >= 0.3 is 5.97 Å². The van der Waals surface area contributed by atoms with E-state index in [1.54, 1.807) is 16.4 Å². The van der Waals surface area contributed by atoms with Gasteiger partial charge in [0.25, 0.3) is 0 Å². The molecule has 0 saturated carbocycles. The summed E-state index contributed by atoms with van der Waals surface area (Å²) < 4.78 is 7.31. The van der Waals surface area contributed by atoms with E-state index in [4.69, 9.17) is 21.4 Å². The van der Waals surface area contributed by atoms with Gasteiger partial charge in [-0.2, -0.15) is 4.98 Å². The van der Waals surface area contributed by atoms with E-state index in [1.807, 2.05) is 31.2 Å². The average Bonchev–Trinajstić information content (AvgIpc) is 3.09. The number of carbonyl (C=O) groups is 1. The second-order valence-electron chi connectivity index (χ2n) is 6.98. The number of fused-ring (bicyclic) bond motifs is 1. The second-order valence-corrected chi connectivity index (χ2v) is 8.47. The molecule has 0 amide bonds. The van der Waals surface area contributed by atoms with Crippen molar-refractivity contribution in [3.05, 3.63) is 46.1 Å². The lowest BCUT2D eigenvalue weighted by atomic mass is 9.96. The minimum atomic E-state index is -0.438. The molecule has 0 radical (unpaired) electrons. The number of unbranched alkanes of at least 4 members (excludes halogenated alkanes) is 2. The number of thioether (sulfide) groups is 1. The molecule has 1 aromatic carbocycles. The van der Waals surface area contributed by atoms with Gasteiger partial charge in [0.05, 0.1) is 12.2 Å². The Morgan fingerprint density at radius 2 is 2.10 bits per heavy atom. The maximum absolute atomic E-state index is 13.0. The summed E-state index contributed by atoms with van der Waals surface area (Å²) in [4.78, 5) is 17.6. The first-order valence-electron chi connectivity index (χ1n) is 10.0. The highest BCUT2D eigenvalue weighted by Gasteiger charge is 2.35. The van der Waals surface area contributed by atoms with Gasteiger partial charge in [-0.1, -0.05) is 62.2 Å². The summed E-state index contributed by atoms with van der Waals surface area (Å²) in [6.45, 7) is 6.49. The van der Waals surface area contributed by atoms with Crippen LogP contribution in [-0.4, -0.2) is 33.1 Å². The predicted octanol–water partition coefficient (Wildman–Crippen LogP) is 5.46. The van der Waals surface area contributed by atoms with Crippen LogP contribution >= 0.6 is 23.4 Å². The predicted molar refractivity (Wildman–Crippen MR) is 117 cm³/mol. The molecule has 6 nitrogen and oxygen atoms in total. The van der Waals surface area contributed by atoms with Crippen molar-refractivity contribution in [3.63, 3.8) is 0 Å². The van der Waals surface area contributed by atoms with Gasteiger partial charge in [-0.25, -0.2) is 9.48 Å². The fourth-order valence-electron chi connectivity index (χ4n) is 3.14. The van der Waals surface area contributed by atoms with Gasteiger partial charge < -0.3 is 10.1 Å². The largest absolute Gasteiger partial charge is 0.462 e. The van der Waals surface area contributed by atoms with Crippen molar-refractivity contribution in [2.45, 2.75) is 57.7 Å². The number of allylic oxidation sites excluding steroid dienone is 1. The van der Waals surface area contributed by atoms with Crippen LogP contribution in [0.3, 0.4) is 0 Å². The van der Waals surface area contributed by atoms with Gasteiger partial charge in [0.1, 0.15) is 6.04 Å². The molecule has 1 atom stereocenters. The minimum Gasteiger partial charge on any atom is -0.462 e. The van der Waals surface area contributed by atoms with E-state index < -0.39 is 6.04 Å². The number of benzene rings is 1. The standard InChI is InChI=1S/C21H27ClN4O2S/c1-4-6-11-28-19(27)17-14(3)23-20-24-21(29-12-7-5-2)25-26(20)18(17)15-9-8-10-16(22)13-15/h8-10,13,18H,4-7,11-12H2,1-3H3,(H,23,24,25). The highest BCUT2D eigenvalue weighted by atomic mass is 35.5. The molecule has 1 aliphatic heterocycles. The molecule has 1 aromatic heterocycles. The number of ether oxygens (including phenoxy) is 1. The zero-order valence-corrected chi connectivity index (χ0v) is 18.6. The van der Waals surface area contributed by atoms with Crippen LogP contribution in [-0.2, 0) is 9.53 Å². The third-order valence-electron chi connectivity index (χ3n) is 4.68. The van der Waals surface area contributed by atoms with Crippen LogP contribution in [0.2, 0.25) is 5.02 Å². The van der Waals surface area contributed by atoms with Gasteiger partial charge in [-0.15, -0.1) is 5.10 Å². The zero-order valence-electron chi connectivity index (χ0n) is 17.1. The summed E-state index contributed by atoms with van der Waals surface area (Å²) in [5, 5.41) is 9.23. The van der Waals surface area contributed by atoms with Crippen LogP contribution in [0.1, 0.15) is 58.1 Å². The number of esters is 1. The number of hydrogen-bond donors (Lipinski definition) is 1. The van der Waals surface area contributed by atoms with Gasteiger partial charge in [-0.05, 0) is 37.5 Å². The van der Waals surface area contributed by atoms with Crippen LogP contribution in [0.5, 0.6) is 0 Å². The Balaban J connectivity index is 1.98. The highest BCUT2D eigenvalue weighted by Crippen LogP contribution is 2.37. The van der Waals surface area contributed by atoms with Crippen LogP contribution in [0.4, 0.5) is 5.95 Å². The number of nitrogens with one attached hydrogen (secondary N) is 1.